The largest absolute Gasteiger partial charge is 0.489 e. The lowest BCUT2D eigenvalue weighted by atomic mass is 10.1. The second kappa shape index (κ2) is 5.54. The molecule has 0 saturated carbocycles. The summed E-state index contributed by atoms with van der Waals surface area (Å²) in [7, 11) is 0. The minimum atomic E-state index is 0.138. The summed E-state index contributed by atoms with van der Waals surface area (Å²) in [5, 5.41) is 3.45. The minimum Gasteiger partial charge on any atom is -0.489 e. The van der Waals surface area contributed by atoms with Gasteiger partial charge in [-0.2, -0.15) is 0 Å². The maximum atomic E-state index is 5.96. The van der Waals surface area contributed by atoms with Crippen molar-refractivity contribution in [3.05, 3.63) is 29.3 Å². The van der Waals surface area contributed by atoms with E-state index in [1.54, 1.807) is 0 Å². The van der Waals surface area contributed by atoms with Crippen LogP contribution in [0.5, 0.6) is 5.75 Å². The Labute approximate surface area is 105 Å². The third-order valence-electron chi connectivity index (χ3n) is 2.59. The lowest BCUT2D eigenvalue weighted by molar-refractivity contribution is 0.202. The maximum absolute atomic E-state index is 5.96. The molecule has 0 spiro atoms. The molecule has 0 aliphatic rings. The highest BCUT2D eigenvalue weighted by atomic mass is 16.5. The van der Waals surface area contributed by atoms with E-state index < -0.39 is 0 Å². The van der Waals surface area contributed by atoms with E-state index >= 15 is 0 Å². The molecule has 0 saturated heterocycles. The maximum Gasteiger partial charge on any atom is 0.122 e. The first kappa shape index (κ1) is 14.0. The van der Waals surface area contributed by atoms with E-state index in [9.17, 15) is 0 Å². The number of rotatable bonds is 4. The predicted molar refractivity (Wildman–Crippen MR) is 73.8 cm³/mol. The van der Waals surface area contributed by atoms with Crippen LogP contribution < -0.4 is 10.1 Å². The molecule has 0 aliphatic heterocycles. The van der Waals surface area contributed by atoms with Gasteiger partial charge in [0.25, 0.3) is 0 Å². The molecule has 0 aromatic heterocycles. The number of hydrogen-bond donors (Lipinski definition) is 1. The van der Waals surface area contributed by atoms with Crippen molar-refractivity contribution in [1.82, 2.24) is 5.32 Å². The standard InChI is InChI=1S/C15H25NO/c1-11-7-8-12(2)14(9-11)17-13(3)10-16-15(4,5)6/h7-9,13,16H,10H2,1-6H3. The van der Waals surface area contributed by atoms with E-state index in [1.165, 1.54) is 11.1 Å². The normalized spacial score (nSPS) is 13.5. The van der Waals surface area contributed by atoms with Crippen LogP contribution >= 0.6 is 0 Å². The first-order chi connectivity index (χ1) is 7.78. The third-order valence-corrected chi connectivity index (χ3v) is 2.59. The Kier molecular flexibility index (Phi) is 4.58. The van der Waals surface area contributed by atoms with Crippen molar-refractivity contribution in [1.29, 1.82) is 0 Å². The van der Waals surface area contributed by atoms with Crippen molar-refractivity contribution in [2.24, 2.45) is 0 Å². The Morgan fingerprint density at radius 2 is 1.88 bits per heavy atom. The Hall–Kier alpha value is -1.02. The summed E-state index contributed by atoms with van der Waals surface area (Å²) in [6, 6.07) is 6.32. The van der Waals surface area contributed by atoms with E-state index in [0.717, 1.165) is 12.3 Å². The zero-order chi connectivity index (χ0) is 13.1. The topological polar surface area (TPSA) is 21.3 Å². The summed E-state index contributed by atoms with van der Waals surface area (Å²) >= 11 is 0. The molecule has 2 nitrogen and oxygen atoms in total. The molecule has 1 unspecified atom stereocenters. The van der Waals surface area contributed by atoms with Gasteiger partial charge in [-0.3, -0.25) is 0 Å². The quantitative estimate of drug-likeness (QED) is 0.863. The second-order valence-corrected chi connectivity index (χ2v) is 5.83. The first-order valence-electron chi connectivity index (χ1n) is 6.27. The molecule has 0 amide bonds. The molecular formula is C15H25NO. The van der Waals surface area contributed by atoms with Crippen LogP contribution in [0.15, 0.2) is 18.2 Å². The van der Waals surface area contributed by atoms with Crippen LogP contribution in [-0.2, 0) is 0 Å². The van der Waals surface area contributed by atoms with Crippen LogP contribution in [0.4, 0.5) is 0 Å². The molecule has 1 N–H and O–H groups in total. The molecule has 96 valence electrons. The third kappa shape index (κ3) is 5.22. The summed E-state index contributed by atoms with van der Waals surface area (Å²) < 4.78 is 5.96. The van der Waals surface area contributed by atoms with E-state index in [4.69, 9.17) is 4.74 Å². The molecule has 1 aromatic carbocycles. The fraction of sp³-hybridized carbons (Fsp3) is 0.600. The lowest BCUT2D eigenvalue weighted by Gasteiger charge is -2.24. The molecule has 1 atom stereocenters. The molecule has 0 heterocycles. The van der Waals surface area contributed by atoms with Gasteiger partial charge in [-0.1, -0.05) is 12.1 Å². The summed E-state index contributed by atoms with van der Waals surface area (Å²) in [6.45, 7) is 13.6. The van der Waals surface area contributed by atoms with E-state index in [-0.39, 0.29) is 11.6 Å². The molecule has 17 heavy (non-hydrogen) atoms. The molecular weight excluding hydrogens is 210 g/mol. The highest BCUT2D eigenvalue weighted by molar-refractivity contribution is 5.36. The highest BCUT2D eigenvalue weighted by Crippen LogP contribution is 2.20. The van der Waals surface area contributed by atoms with Gasteiger partial charge in [-0.15, -0.1) is 0 Å². The van der Waals surface area contributed by atoms with E-state index in [2.05, 4.69) is 65.1 Å². The van der Waals surface area contributed by atoms with Gasteiger partial charge in [0.05, 0.1) is 0 Å². The van der Waals surface area contributed by atoms with Gasteiger partial charge >= 0.3 is 0 Å². The van der Waals surface area contributed by atoms with Crippen molar-refractivity contribution < 1.29 is 4.74 Å². The van der Waals surface area contributed by atoms with Gasteiger partial charge in [0.15, 0.2) is 0 Å². The fourth-order valence-electron chi connectivity index (χ4n) is 1.54. The monoisotopic (exact) mass is 235 g/mol. The van der Waals surface area contributed by atoms with Crippen LogP contribution in [0, 0.1) is 13.8 Å². The van der Waals surface area contributed by atoms with Gasteiger partial charge in [0.2, 0.25) is 0 Å². The Bertz CT molecular complexity index is 366. The molecule has 2 heteroatoms. The summed E-state index contributed by atoms with van der Waals surface area (Å²) in [6.07, 6.45) is 0.176. The van der Waals surface area contributed by atoms with Crippen LogP contribution in [0.1, 0.15) is 38.8 Å². The van der Waals surface area contributed by atoms with Gasteiger partial charge in [0, 0.05) is 12.1 Å². The molecule has 0 aliphatic carbocycles. The zero-order valence-corrected chi connectivity index (χ0v) is 11.9. The van der Waals surface area contributed by atoms with Gasteiger partial charge in [0.1, 0.15) is 11.9 Å². The zero-order valence-electron chi connectivity index (χ0n) is 11.9. The van der Waals surface area contributed by atoms with E-state index in [0.29, 0.717) is 0 Å². The van der Waals surface area contributed by atoms with Crippen molar-refractivity contribution >= 4 is 0 Å². The number of hydrogen-bond acceptors (Lipinski definition) is 2. The smallest absolute Gasteiger partial charge is 0.122 e. The van der Waals surface area contributed by atoms with Crippen LogP contribution in [0.25, 0.3) is 0 Å². The van der Waals surface area contributed by atoms with Crippen molar-refractivity contribution in [2.75, 3.05) is 6.54 Å². The Morgan fingerprint density at radius 1 is 1.24 bits per heavy atom. The van der Waals surface area contributed by atoms with Crippen molar-refractivity contribution in [3.63, 3.8) is 0 Å². The average Bonchev–Trinajstić information content (AvgIpc) is 2.20. The van der Waals surface area contributed by atoms with Gasteiger partial charge < -0.3 is 10.1 Å². The minimum absolute atomic E-state index is 0.138. The molecule has 0 bridgehead atoms. The Balaban J connectivity index is 2.56. The fourth-order valence-corrected chi connectivity index (χ4v) is 1.54. The first-order valence-corrected chi connectivity index (χ1v) is 6.27. The SMILES string of the molecule is Cc1ccc(C)c(OC(C)CNC(C)(C)C)c1. The Morgan fingerprint density at radius 3 is 2.47 bits per heavy atom. The van der Waals surface area contributed by atoms with Crippen LogP contribution in [-0.4, -0.2) is 18.2 Å². The summed E-state index contributed by atoms with van der Waals surface area (Å²) in [5.41, 5.74) is 2.57. The molecule has 1 rings (SSSR count). The van der Waals surface area contributed by atoms with Crippen molar-refractivity contribution in [3.8, 4) is 5.75 Å². The lowest BCUT2D eigenvalue weighted by Crippen LogP contribution is -2.41. The molecule has 0 fully saturated rings. The second-order valence-electron chi connectivity index (χ2n) is 5.83. The summed E-state index contributed by atoms with van der Waals surface area (Å²) in [4.78, 5) is 0. The average molecular weight is 235 g/mol. The number of benzene rings is 1. The number of nitrogens with one attached hydrogen (secondary N) is 1. The highest BCUT2D eigenvalue weighted by Gasteiger charge is 2.12. The molecule has 1 aromatic rings. The van der Waals surface area contributed by atoms with Crippen LogP contribution in [0.3, 0.4) is 0 Å². The number of aryl methyl sites for hydroxylation is 2. The molecule has 0 radical (unpaired) electrons. The number of ether oxygens (including phenoxy) is 1. The van der Waals surface area contributed by atoms with Crippen LogP contribution in [0.2, 0.25) is 0 Å². The predicted octanol–water partition coefficient (Wildman–Crippen LogP) is 3.46. The van der Waals surface area contributed by atoms with Gasteiger partial charge in [-0.25, -0.2) is 0 Å². The van der Waals surface area contributed by atoms with Crippen molar-refractivity contribution in [2.45, 2.75) is 53.2 Å². The van der Waals surface area contributed by atoms with E-state index in [1.807, 2.05) is 0 Å². The van der Waals surface area contributed by atoms with Gasteiger partial charge in [-0.05, 0) is 58.7 Å². The summed E-state index contributed by atoms with van der Waals surface area (Å²) in [5.74, 6) is 0.994.